The second-order valence-corrected chi connectivity index (χ2v) is 11.1. The average Bonchev–Trinajstić information content (AvgIpc) is 2.91. The topological polar surface area (TPSA) is 141 Å². The maximum atomic E-state index is 12.7. The van der Waals surface area contributed by atoms with E-state index in [1.54, 1.807) is 34.6 Å². The first-order valence-corrected chi connectivity index (χ1v) is 14.0. The van der Waals surface area contributed by atoms with Gasteiger partial charge in [-0.05, 0) is 43.3 Å². The molecule has 0 unspecified atom stereocenters. The van der Waals surface area contributed by atoms with Gasteiger partial charge >= 0.3 is 0 Å². The van der Waals surface area contributed by atoms with Gasteiger partial charge in [0, 0.05) is 54.9 Å². The Morgan fingerprint density at radius 1 is 1.05 bits per heavy atom. The summed E-state index contributed by atoms with van der Waals surface area (Å²) in [5, 5.41) is 12.9. The monoisotopic (exact) mass is 613 g/mol. The average molecular weight is 615 g/mol. The van der Waals surface area contributed by atoms with Crippen molar-refractivity contribution >= 4 is 57.6 Å². The Labute approximate surface area is 245 Å². The Hall–Kier alpha value is -3.00. The van der Waals surface area contributed by atoms with E-state index in [0.29, 0.717) is 31.0 Å². The van der Waals surface area contributed by atoms with E-state index < -0.39 is 27.9 Å². The Morgan fingerprint density at radius 2 is 1.70 bits per heavy atom. The number of fused-ring (bicyclic) bond motifs is 1. The summed E-state index contributed by atoms with van der Waals surface area (Å²) in [6.45, 7) is 3.25. The number of piperazine rings is 1. The number of nitrogens with one attached hydrogen (secondary N) is 2. The first-order valence-electron chi connectivity index (χ1n) is 12.1. The number of hydrogen-bond donors (Lipinski definition) is 3. The van der Waals surface area contributed by atoms with Crippen molar-refractivity contribution in [3.05, 3.63) is 71.4 Å². The minimum Gasteiger partial charge on any atom is -0.489 e. The Kier molecular flexibility index (Phi) is 12.1. The van der Waals surface area contributed by atoms with Crippen LogP contribution in [-0.4, -0.2) is 84.6 Å². The SMILES string of the molecule is Cc1cc(COc2ccc(C(=O)NC[C@@H](C(=O)NO)N3CCN(S(C)(=O)=O)CC3)cc2)c2ccccc2n1.Cl.Cl. The van der Waals surface area contributed by atoms with Gasteiger partial charge in [-0.15, -0.1) is 24.8 Å². The van der Waals surface area contributed by atoms with Crippen LogP contribution < -0.4 is 15.5 Å². The number of sulfonamides is 1. The number of amides is 2. The summed E-state index contributed by atoms with van der Waals surface area (Å²) in [7, 11) is -3.32. The molecule has 0 aliphatic carbocycles. The molecule has 0 radical (unpaired) electrons. The maximum Gasteiger partial charge on any atom is 0.262 e. The number of para-hydroxylation sites is 1. The zero-order valence-corrected chi connectivity index (χ0v) is 24.5. The second kappa shape index (κ2) is 14.6. The third kappa shape index (κ3) is 8.26. The van der Waals surface area contributed by atoms with E-state index in [1.807, 2.05) is 37.3 Å². The summed E-state index contributed by atoms with van der Waals surface area (Å²) in [5.41, 5.74) is 4.84. The number of hydroxylamine groups is 1. The summed E-state index contributed by atoms with van der Waals surface area (Å²) in [5.74, 6) is -0.472. The molecule has 1 aliphatic rings. The molecule has 1 aromatic heterocycles. The molecule has 0 saturated carbocycles. The lowest BCUT2D eigenvalue weighted by molar-refractivity contribution is -0.135. The van der Waals surface area contributed by atoms with Crippen LogP contribution in [0.15, 0.2) is 54.6 Å². The third-order valence-corrected chi connectivity index (χ3v) is 7.80. The molecule has 3 aromatic rings. The number of rotatable bonds is 9. The highest BCUT2D eigenvalue weighted by Gasteiger charge is 2.31. The van der Waals surface area contributed by atoms with Crippen LogP contribution in [0, 0.1) is 6.92 Å². The number of aromatic nitrogens is 1. The molecule has 2 aromatic carbocycles. The molecule has 40 heavy (non-hydrogen) atoms. The largest absolute Gasteiger partial charge is 0.489 e. The summed E-state index contributed by atoms with van der Waals surface area (Å²) < 4.78 is 30.8. The van der Waals surface area contributed by atoms with Gasteiger partial charge in [0.2, 0.25) is 10.0 Å². The predicted molar refractivity (Wildman–Crippen MR) is 156 cm³/mol. The Morgan fingerprint density at radius 3 is 2.33 bits per heavy atom. The highest BCUT2D eigenvalue weighted by molar-refractivity contribution is 7.88. The lowest BCUT2D eigenvalue weighted by atomic mass is 10.1. The van der Waals surface area contributed by atoms with Gasteiger partial charge in [0.05, 0.1) is 11.8 Å². The molecule has 1 atom stereocenters. The molecule has 11 nitrogen and oxygen atoms in total. The van der Waals surface area contributed by atoms with Crippen molar-refractivity contribution in [1.29, 1.82) is 0 Å². The van der Waals surface area contributed by atoms with Crippen LogP contribution in [0.2, 0.25) is 0 Å². The lowest BCUT2D eigenvalue weighted by Gasteiger charge is -2.37. The number of pyridine rings is 1. The first-order chi connectivity index (χ1) is 18.2. The van der Waals surface area contributed by atoms with Crippen LogP contribution in [0.5, 0.6) is 5.75 Å². The zero-order chi connectivity index (χ0) is 27.3. The van der Waals surface area contributed by atoms with Crippen LogP contribution in [0.4, 0.5) is 0 Å². The first kappa shape index (κ1) is 33.2. The van der Waals surface area contributed by atoms with Crippen molar-refractivity contribution < 1.29 is 28.0 Å². The molecular weight excluding hydrogens is 581 g/mol. The van der Waals surface area contributed by atoms with Crippen molar-refractivity contribution in [3.63, 3.8) is 0 Å². The number of halogens is 2. The van der Waals surface area contributed by atoms with Crippen molar-refractivity contribution in [2.75, 3.05) is 39.0 Å². The Bertz CT molecular complexity index is 1420. The molecule has 0 spiro atoms. The standard InChI is InChI=1S/C26H31N5O6S.2ClH/c1-18-15-20(22-5-3-4-6-23(22)28-18)17-37-21-9-7-19(8-10-21)25(32)27-16-24(26(33)29-34)30-11-13-31(14-12-30)38(2,35)36;;/h3-10,15,24,34H,11-14,16-17H2,1-2H3,(H,27,32)(H,29,33);2*1H/t24-;;/m0../s1. The molecule has 1 fully saturated rings. The van der Waals surface area contributed by atoms with Crippen LogP contribution in [0.3, 0.4) is 0 Å². The summed E-state index contributed by atoms with van der Waals surface area (Å²) >= 11 is 0. The fourth-order valence-corrected chi connectivity index (χ4v) is 5.30. The fourth-order valence-electron chi connectivity index (χ4n) is 4.48. The van der Waals surface area contributed by atoms with Crippen molar-refractivity contribution in [1.82, 2.24) is 25.0 Å². The molecule has 14 heteroatoms. The minimum atomic E-state index is -3.32. The van der Waals surface area contributed by atoms with Gasteiger partial charge in [-0.2, -0.15) is 4.31 Å². The normalized spacial score (nSPS) is 14.9. The van der Waals surface area contributed by atoms with Crippen LogP contribution in [0.25, 0.3) is 10.9 Å². The van der Waals surface area contributed by atoms with Gasteiger partial charge in [0.1, 0.15) is 18.4 Å². The van der Waals surface area contributed by atoms with Gasteiger partial charge in [-0.3, -0.25) is 24.7 Å². The quantitative estimate of drug-likeness (QED) is 0.246. The van der Waals surface area contributed by atoms with Crippen molar-refractivity contribution in [2.24, 2.45) is 0 Å². The summed E-state index contributed by atoms with van der Waals surface area (Å²) in [4.78, 5) is 31.3. The smallest absolute Gasteiger partial charge is 0.262 e. The van der Waals surface area contributed by atoms with Gasteiger partial charge in [0.15, 0.2) is 0 Å². The predicted octanol–water partition coefficient (Wildman–Crippen LogP) is 2.15. The van der Waals surface area contributed by atoms with Gasteiger partial charge in [-0.25, -0.2) is 13.9 Å². The molecule has 0 bridgehead atoms. The maximum absolute atomic E-state index is 12.7. The number of aryl methyl sites for hydroxylation is 1. The summed E-state index contributed by atoms with van der Waals surface area (Å²) in [6.07, 6.45) is 1.14. The second-order valence-electron chi connectivity index (χ2n) is 9.15. The summed E-state index contributed by atoms with van der Waals surface area (Å²) in [6, 6.07) is 15.7. The van der Waals surface area contributed by atoms with Gasteiger partial charge in [0.25, 0.3) is 11.8 Å². The van der Waals surface area contributed by atoms with Crippen LogP contribution in [-0.2, 0) is 21.4 Å². The van der Waals surface area contributed by atoms with Crippen molar-refractivity contribution in [2.45, 2.75) is 19.6 Å². The van der Waals surface area contributed by atoms with Crippen LogP contribution >= 0.6 is 24.8 Å². The molecule has 1 aliphatic heterocycles. The van der Waals surface area contributed by atoms with E-state index in [9.17, 15) is 23.2 Å². The van der Waals surface area contributed by atoms with Gasteiger partial charge < -0.3 is 10.1 Å². The number of benzene rings is 2. The molecule has 218 valence electrons. The van der Waals surface area contributed by atoms with Gasteiger partial charge in [-0.1, -0.05) is 18.2 Å². The van der Waals surface area contributed by atoms with E-state index in [2.05, 4.69) is 10.3 Å². The van der Waals surface area contributed by atoms with E-state index in [1.165, 1.54) is 4.31 Å². The number of carbonyl (C=O) groups excluding carboxylic acids is 2. The highest BCUT2D eigenvalue weighted by Crippen LogP contribution is 2.21. The number of nitrogens with zero attached hydrogens (tertiary/aromatic N) is 3. The molecular formula is C26H33Cl2N5O6S. The zero-order valence-electron chi connectivity index (χ0n) is 22.1. The minimum absolute atomic E-state index is 0. The van der Waals surface area contributed by atoms with Crippen molar-refractivity contribution in [3.8, 4) is 5.75 Å². The van der Waals surface area contributed by atoms with E-state index in [4.69, 9.17) is 4.74 Å². The number of carbonyl (C=O) groups is 2. The molecule has 3 N–H and O–H groups in total. The highest BCUT2D eigenvalue weighted by atomic mass is 35.5. The van der Waals surface area contributed by atoms with E-state index >= 15 is 0 Å². The molecule has 1 saturated heterocycles. The molecule has 2 heterocycles. The lowest BCUT2D eigenvalue weighted by Crippen LogP contribution is -2.58. The number of hydrogen-bond acceptors (Lipinski definition) is 8. The molecule has 2 amide bonds. The van der Waals surface area contributed by atoms with E-state index in [-0.39, 0.29) is 44.4 Å². The third-order valence-electron chi connectivity index (χ3n) is 6.49. The van der Waals surface area contributed by atoms with Crippen LogP contribution in [0.1, 0.15) is 21.6 Å². The number of ether oxygens (including phenoxy) is 1. The Balaban J connectivity index is 0.00000280. The molecule has 4 rings (SSSR count). The fraction of sp³-hybridized carbons (Fsp3) is 0.346. The van der Waals surface area contributed by atoms with E-state index in [0.717, 1.165) is 28.4 Å².